The molecule has 1 amide bonds. The second-order valence-corrected chi connectivity index (χ2v) is 5.72. The number of methoxy groups -OCH3 is 1. The van der Waals surface area contributed by atoms with Crippen molar-refractivity contribution in [3.8, 4) is 16.9 Å². The van der Waals surface area contributed by atoms with Crippen molar-refractivity contribution in [1.29, 1.82) is 0 Å². The van der Waals surface area contributed by atoms with Gasteiger partial charge < -0.3 is 14.6 Å². The average molecular weight is 352 g/mol. The van der Waals surface area contributed by atoms with Gasteiger partial charge in [-0.2, -0.15) is 9.78 Å². The molecular formula is C19H20N4O3. The van der Waals surface area contributed by atoms with E-state index < -0.39 is 0 Å². The van der Waals surface area contributed by atoms with Crippen LogP contribution in [0.1, 0.15) is 10.4 Å². The Morgan fingerprint density at radius 1 is 1.31 bits per heavy atom. The van der Waals surface area contributed by atoms with Crippen LogP contribution in [0.3, 0.4) is 0 Å². The highest BCUT2D eigenvalue weighted by Crippen LogP contribution is 2.22. The summed E-state index contributed by atoms with van der Waals surface area (Å²) in [6.07, 6.45) is 4.98. The van der Waals surface area contributed by atoms with Crippen LogP contribution in [0.2, 0.25) is 0 Å². The monoisotopic (exact) mass is 352 g/mol. The summed E-state index contributed by atoms with van der Waals surface area (Å²) in [5, 5.41) is 7.15. The van der Waals surface area contributed by atoms with Crippen LogP contribution in [-0.2, 0) is 11.3 Å². The van der Waals surface area contributed by atoms with Crippen LogP contribution in [0.25, 0.3) is 16.9 Å². The molecule has 0 saturated heterocycles. The highest BCUT2D eigenvalue weighted by atomic mass is 16.5. The normalized spacial score (nSPS) is 10.8. The van der Waals surface area contributed by atoms with E-state index in [0.717, 1.165) is 0 Å². The van der Waals surface area contributed by atoms with Gasteiger partial charge in [-0.1, -0.05) is 24.3 Å². The minimum atomic E-state index is -0.306. The Morgan fingerprint density at radius 3 is 2.77 bits per heavy atom. The lowest BCUT2D eigenvalue weighted by molar-refractivity contribution is 0.0957. The molecule has 0 aliphatic carbocycles. The number of nitrogens with one attached hydrogen (secondary N) is 1. The van der Waals surface area contributed by atoms with Gasteiger partial charge in [0.1, 0.15) is 5.69 Å². The van der Waals surface area contributed by atoms with E-state index in [2.05, 4.69) is 17.0 Å². The average Bonchev–Trinajstić information content (AvgIpc) is 3.01. The van der Waals surface area contributed by atoms with Gasteiger partial charge in [-0.15, -0.1) is 6.58 Å². The first-order chi connectivity index (χ1) is 12.7. The molecule has 0 spiro atoms. The number of rotatable bonds is 7. The van der Waals surface area contributed by atoms with E-state index in [4.69, 9.17) is 4.74 Å². The molecule has 26 heavy (non-hydrogen) atoms. The van der Waals surface area contributed by atoms with E-state index in [1.54, 1.807) is 42.3 Å². The van der Waals surface area contributed by atoms with Crippen LogP contribution < -0.4 is 10.9 Å². The van der Waals surface area contributed by atoms with Crippen LogP contribution in [0, 0.1) is 0 Å². The number of carbonyl (C=O) groups excluding carboxylic acids is 1. The van der Waals surface area contributed by atoms with E-state index in [0.29, 0.717) is 42.2 Å². The number of benzene rings is 1. The molecule has 0 aromatic heterocycles. The van der Waals surface area contributed by atoms with Crippen molar-refractivity contribution >= 4 is 5.91 Å². The zero-order valence-corrected chi connectivity index (χ0v) is 14.5. The summed E-state index contributed by atoms with van der Waals surface area (Å²) in [5.41, 5.74) is 1.47. The lowest BCUT2D eigenvalue weighted by Gasteiger charge is -2.12. The first kappa shape index (κ1) is 17.6. The molecule has 2 heterocycles. The SMILES string of the molecule is C=CCNC(=O)c1cn(CCOC)cc2c(=O)n(-c3ccccc3)nc1-2. The van der Waals surface area contributed by atoms with Gasteiger partial charge in [-0.05, 0) is 12.1 Å². The number of aromatic nitrogens is 3. The number of amides is 1. The second-order valence-electron chi connectivity index (χ2n) is 5.72. The number of nitrogens with zero attached hydrogens (tertiary/aromatic N) is 3. The third-order valence-corrected chi connectivity index (χ3v) is 3.93. The maximum atomic E-state index is 12.9. The van der Waals surface area contributed by atoms with Gasteiger partial charge in [-0.3, -0.25) is 9.59 Å². The van der Waals surface area contributed by atoms with Crippen LogP contribution in [-0.4, -0.2) is 40.5 Å². The molecule has 2 aliphatic rings. The summed E-state index contributed by atoms with van der Waals surface area (Å²) in [7, 11) is 1.60. The first-order valence-corrected chi connectivity index (χ1v) is 8.22. The van der Waals surface area contributed by atoms with Crippen LogP contribution in [0.15, 0.2) is 60.2 Å². The molecule has 134 valence electrons. The van der Waals surface area contributed by atoms with E-state index >= 15 is 0 Å². The number of ether oxygens (including phenoxy) is 1. The lowest BCUT2D eigenvalue weighted by atomic mass is 10.1. The van der Waals surface area contributed by atoms with Crippen LogP contribution >= 0.6 is 0 Å². The maximum absolute atomic E-state index is 12.9. The third-order valence-electron chi connectivity index (χ3n) is 3.93. The quantitative estimate of drug-likeness (QED) is 0.657. The Hall–Kier alpha value is -3.19. The minimum absolute atomic E-state index is 0.268. The zero-order valence-electron chi connectivity index (χ0n) is 14.5. The predicted molar refractivity (Wildman–Crippen MR) is 98.9 cm³/mol. The number of hydrogen-bond donors (Lipinski definition) is 1. The fourth-order valence-electron chi connectivity index (χ4n) is 2.66. The Bertz CT molecular complexity index is 943. The number of para-hydroxylation sites is 1. The van der Waals surface area contributed by atoms with E-state index in [9.17, 15) is 9.59 Å². The van der Waals surface area contributed by atoms with Gasteiger partial charge in [-0.25, -0.2) is 0 Å². The topological polar surface area (TPSA) is 78.2 Å². The van der Waals surface area contributed by atoms with Gasteiger partial charge in [0.25, 0.3) is 11.5 Å². The van der Waals surface area contributed by atoms with E-state index in [1.165, 1.54) is 4.68 Å². The highest BCUT2D eigenvalue weighted by molar-refractivity contribution is 5.99. The van der Waals surface area contributed by atoms with Gasteiger partial charge >= 0.3 is 0 Å². The molecular weight excluding hydrogens is 332 g/mol. The summed E-state index contributed by atoms with van der Waals surface area (Å²) in [6, 6.07) is 9.12. The van der Waals surface area contributed by atoms with E-state index in [-0.39, 0.29) is 11.5 Å². The predicted octanol–water partition coefficient (Wildman–Crippen LogP) is 1.70. The fraction of sp³-hybridized carbons (Fsp3) is 0.211. The Balaban J connectivity index is 2.15. The van der Waals surface area contributed by atoms with Crippen LogP contribution in [0.4, 0.5) is 0 Å². The molecule has 0 bridgehead atoms. The number of carbonyl (C=O) groups is 1. The van der Waals surface area contributed by atoms with Gasteiger partial charge in [0.05, 0.1) is 23.4 Å². The third kappa shape index (κ3) is 3.43. The lowest BCUT2D eigenvalue weighted by Crippen LogP contribution is -2.25. The molecule has 7 heteroatoms. The van der Waals surface area contributed by atoms with E-state index in [1.807, 2.05) is 18.2 Å². The summed E-state index contributed by atoms with van der Waals surface area (Å²) in [4.78, 5) is 25.4. The van der Waals surface area contributed by atoms with Gasteiger partial charge in [0, 0.05) is 32.6 Å². The van der Waals surface area contributed by atoms with Crippen LogP contribution in [0.5, 0.6) is 0 Å². The zero-order chi connectivity index (χ0) is 18.5. The second kappa shape index (κ2) is 7.79. The van der Waals surface area contributed by atoms with Gasteiger partial charge in [0.15, 0.2) is 0 Å². The summed E-state index contributed by atoms with van der Waals surface area (Å²) in [5.74, 6) is -0.306. The molecule has 0 fully saturated rings. The van der Waals surface area contributed by atoms with Crippen molar-refractivity contribution in [2.75, 3.05) is 20.3 Å². The molecule has 7 nitrogen and oxygen atoms in total. The molecule has 0 unspecified atom stereocenters. The van der Waals surface area contributed by atoms with Crippen molar-refractivity contribution in [3.05, 3.63) is 71.3 Å². The van der Waals surface area contributed by atoms with Crippen molar-refractivity contribution < 1.29 is 9.53 Å². The molecule has 1 aromatic carbocycles. The molecule has 0 atom stereocenters. The van der Waals surface area contributed by atoms with Crippen molar-refractivity contribution in [2.45, 2.75) is 6.54 Å². The first-order valence-electron chi connectivity index (χ1n) is 8.22. The molecule has 0 radical (unpaired) electrons. The largest absolute Gasteiger partial charge is 0.383 e. The Kier molecular flexibility index (Phi) is 5.28. The number of hydrogen-bond acceptors (Lipinski definition) is 4. The smallest absolute Gasteiger partial charge is 0.282 e. The molecule has 1 aromatic rings. The molecule has 0 saturated carbocycles. The molecule has 1 N–H and O–H groups in total. The van der Waals surface area contributed by atoms with Crippen molar-refractivity contribution in [2.24, 2.45) is 0 Å². The summed E-state index contributed by atoms with van der Waals surface area (Å²) in [6.45, 7) is 4.91. The number of fused-ring (bicyclic) bond motifs is 1. The Labute approximate surface area is 150 Å². The summed E-state index contributed by atoms with van der Waals surface area (Å²) < 4.78 is 8.18. The highest BCUT2D eigenvalue weighted by Gasteiger charge is 2.24. The molecule has 2 aliphatic heterocycles. The van der Waals surface area contributed by atoms with Crippen molar-refractivity contribution in [1.82, 2.24) is 19.7 Å². The Morgan fingerprint density at radius 2 is 2.08 bits per heavy atom. The van der Waals surface area contributed by atoms with Gasteiger partial charge in [0.2, 0.25) is 0 Å². The standard InChI is InChI=1S/C19H20N4O3/c1-3-9-20-18(24)15-12-22(10-11-26-2)13-16-17(15)21-23(19(16)25)14-7-5-4-6-8-14/h3-8,12-13H,1,9-11H2,2H3,(H,20,24). The summed E-state index contributed by atoms with van der Waals surface area (Å²) >= 11 is 0. The van der Waals surface area contributed by atoms with Crippen molar-refractivity contribution in [3.63, 3.8) is 0 Å². The number of pyridine rings is 1. The minimum Gasteiger partial charge on any atom is -0.383 e. The maximum Gasteiger partial charge on any atom is 0.282 e. The fourth-order valence-corrected chi connectivity index (χ4v) is 2.66. The molecule has 3 rings (SSSR count).